The van der Waals surface area contributed by atoms with Gasteiger partial charge >= 0.3 is 0 Å². The van der Waals surface area contributed by atoms with Gasteiger partial charge < -0.3 is 10.2 Å². The van der Waals surface area contributed by atoms with Crippen molar-refractivity contribution in [2.75, 3.05) is 12.4 Å². The minimum Gasteiger partial charge on any atom is -0.399 e. The standard InChI is InChI=1S/C19H17N3O2S/c1-13-21-18(12-25-13)15-7-9-17(10-8-15)22-19(23)16-5-3-14(4-6-16)11-20-24-2/h3-12H,1-2H3,(H,22,23)/b20-11+. The summed E-state index contributed by atoms with van der Waals surface area (Å²) < 4.78 is 0. The maximum Gasteiger partial charge on any atom is 0.255 e. The normalized spacial score (nSPS) is 10.8. The molecular formula is C19H17N3O2S. The number of hydrogen-bond acceptors (Lipinski definition) is 5. The molecule has 6 heteroatoms. The lowest BCUT2D eigenvalue weighted by atomic mass is 10.1. The van der Waals surface area contributed by atoms with Crippen LogP contribution in [0.3, 0.4) is 0 Å². The van der Waals surface area contributed by atoms with Crippen LogP contribution in [0.15, 0.2) is 59.1 Å². The van der Waals surface area contributed by atoms with E-state index in [2.05, 4.69) is 20.3 Å². The quantitative estimate of drug-likeness (QED) is 0.549. The molecule has 5 nitrogen and oxygen atoms in total. The number of hydrogen-bond donors (Lipinski definition) is 1. The summed E-state index contributed by atoms with van der Waals surface area (Å²) in [5, 5.41) is 9.64. The Morgan fingerprint density at radius 1 is 1.16 bits per heavy atom. The highest BCUT2D eigenvalue weighted by Crippen LogP contribution is 2.23. The third-order valence-electron chi connectivity index (χ3n) is 3.54. The van der Waals surface area contributed by atoms with Crippen molar-refractivity contribution in [3.8, 4) is 11.3 Å². The van der Waals surface area contributed by atoms with E-state index in [1.165, 1.54) is 7.11 Å². The van der Waals surface area contributed by atoms with E-state index in [1.54, 1.807) is 29.7 Å². The van der Waals surface area contributed by atoms with Crippen LogP contribution < -0.4 is 5.32 Å². The fraction of sp³-hybridized carbons (Fsp3) is 0.105. The highest BCUT2D eigenvalue weighted by Gasteiger charge is 2.07. The van der Waals surface area contributed by atoms with Gasteiger partial charge in [0, 0.05) is 22.2 Å². The first-order valence-electron chi connectivity index (χ1n) is 7.66. The fourth-order valence-corrected chi connectivity index (χ4v) is 2.88. The van der Waals surface area contributed by atoms with Crippen molar-refractivity contribution in [2.45, 2.75) is 6.92 Å². The molecule has 0 spiro atoms. The van der Waals surface area contributed by atoms with Crippen molar-refractivity contribution in [2.24, 2.45) is 5.16 Å². The number of carbonyl (C=O) groups is 1. The number of aryl methyl sites for hydroxylation is 1. The zero-order valence-electron chi connectivity index (χ0n) is 13.9. The van der Waals surface area contributed by atoms with Crippen LogP contribution in [0.4, 0.5) is 5.69 Å². The molecular weight excluding hydrogens is 334 g/mol. The third kappa shape index (κ3) is 4.30. The number of carbonyl (C=O) groups excluding carboxylic acids is 1. The van der Waals surface area contributed by atoms with Crippen molar-refractivity contribution >= 4 is 29.1 Å². The van der Waals surface area contributed by atoms with Crippen molar-refractivity contribution < 1.29 is 9.63 Å². The van der Waals surface area contributed by atoms with E-state index in [9.17, 15) is 4.79 Å². The molecule has 3 rings (SSSR count). The van der Waals surface area contributed by atoms with Gasteiger partial charge in [0.25, 0.3) is 5.91 Å². The summed E-state index contributed by atoms with van der Waals surface area (Å²) in [6.45, 7) is 1.98. The molecule has 0 aliphatic carbocycles. The average Bonchev–Trinajstić information content (AvgIpc) is 3.07. The third-order valence-corrected chi connectivity index (χ3v) is 4.31. The Bertz CT molecular complexity index is 884. The lowest BCUT2D eigenvalue weighted by molar-refractivity contribution is 0.102. The van der Waals surface area contributed by atoms with Gasteiger partial charge in [-0.1, -0.05) is 29.4 Å². The zero-order valence-corrected chi connectivity index (χ0v) is 14.7. The monoisotopic (exact) mass is 351 g/mol. The van der Waals surface area contributed by atoms with Crippen LogP contribution in [-0.2, 0) is 4.84 Å². The molecule has 1 amide bonds. The van der Waals surface area contributed by atoms with E-state index >= 15 is 0 Å². The first-order valence-corrected chi connectivity index (χ1v) is 8.54. The maximum atomic E-state index is 12.3. The van der Waals surface area contributed by atoms with Crippen molar-refractivity contribution in [1.29, 1.82) is 0 Å². The van der Waals surface area contributed by atoms with Gasteiger partial charge in [-0.2, -0.15) is 0 Å². The number of benzene rings is 2. The fourth-order valence-electron chi connectivity index (χ4n) is 2.26. The van der Waals surface area contributed by atoms with Crippen LogP contribution in [0.25, 0.3) is 11.3 Å². The number of aromatic nitrogens is 1. The van der Waals surface area contributed by atoms with Crippen LogP contribution in [0.5, 0.6) is 0 Å². The lowest BCUT2D eigenvalue weighted by Gasteiger charge is -2.06. The van der Waals surface area contributed by atoms with E-state index in [0.717, 1.165) is 27.5 Å². The smallest absolute Gasteiger partial charge is 0.255 e. The van der Waals surface area contributed by atoms with Gasteiger partial charge in [0.1, 0.15) is 7.11 Å². The summed E-state index contributed by atoms with van der Waals surface area (Å²) in [5.41, 5.74) is 4.17. The van der Waals surface area contributed by atoms with E-state index in [1.807, 2.05) is 48.7 Å². The van der Waals surface area contributed by atoms with Gasteiger partial charge in [-0.25, -0.2) is 4.98 Å². The molecule has 0 radical (unpaired) electrons. The van der Waals surface area contributed by atoms with Gasteiger partial charge in [0.05, 0.1) is 16.9 Å². The van der Waals surface area contributed by atoms with Crippen LogP contribution in [0.2, 0.25) is 0 Å². The Balaban J connectivity index is 1.67. The molecule has 0 aliphatic rings. The van der Waals surface area contributed by atoms with Gasteiger partial charge in [-0.15, -0.1) is 11.3 Å². The average molecular weight is 351 g/mol. The van der Waals surface area contributed by atoms with Crippen LogP contribution in [0, 0.1) is 6.92 Å². The Hall–Kier alpha value is -2.99. The topological polar surface area (TPSA) is 63.6 Å². The molecule has 0 aliphatic heterocycles. The molecule has 3 aromatic rings. The second-order valence-electron chi connectivity index (χ2n) is 5.32. The van der Waals surface area contributed by atoms with Crippen LogP contribution in [-0.4, -0.2) is 24.2 Å². The van der Waals surface area contributed by atoms with E-state index < -0.39 is 0 Å². The molecule has 0 unspecified atom stereocenters. The van der Waals surface area contributed by atoms with Crippen LogP contribution in [0.1, 0.15) is 20.9 Å². The van der Waals surface area contributed by atoms with Gasteiger partial charge in [0.15, 0.2) is 0 Å². The molecule has 2 aromatic carbocycles. The summed E-state index contributed by atoms with van der Waals surface area (Å²) in [5.74, 6) is -0.160. The van der Waals surface area contributed by atoms with E-state index in [0.29, 0.717) is 5.56 Å². The number of nitrogens with zero attached hydrogens (tertiary/aromatic N) is 2. The van der Waals surface area contributed by atoms with E-state index in [-0.39, 0.29) is 5.91 Å². The molecule has 0 fully saturated rings. The molecule has 1 heterocycles. The molecule has 1 N–H and O–H groups in total. The predicted octanol–water partition coefficient (Wildman–Crippen LogP) is 4.35. The van der Waals surface area contributed by atoms with Gasteiger partial charge in [-0.3, -0.25) is 4.79 Å². The summed E-state index contributed by atoms with van der Waals surface area (Å²) in [4.78, 5) is 21.4. The number of oxime groups is 1. The molecule has 0 bridgehead atoms. The highest BCUT2D eigenvalue weighted by atomic mass is 32.1. The number of rotatable bonds is 5. The number of nitrogens with one attached hydrogen (secondary N) is 1. The first-order chi connectivity index (χ1) is 12.2. The first kappa shape index (κ1) is 16.9. The minimum absolute atomic E-state index is 0.160. The lowest BCUT2D eigenvalue weighted by Crippen LogP contribution is -2.11. The Labute approximate surface area is 150 Å². The zero-order chi connectivity index (χ0) is 17.6. The van der Waals surface area contributed by atoms with Crippen LogP contribution >= 0.6 is 11.3 Å². The minimum atomic E-state index is -0.160. The van der Waals surface area contributed by atoms with Crippen molar-refractivity contribution in [3.05, 3.63) is 70.0 Å². The number of thiazole rings is 1. The summed E-state index contributed by atoms with van der Waals surface area (Å²) in [6.07, 6.45) is 1.58. The van der Waals surface area contributed by atoms with Gasteiger partial charge in [0.2, 0.25) is 0 Å². The van der Waals surface area contributed by atoms with E-state index in [4.69, 9.17) is 0 Å². The van der Waals surface area contributed by atoms with Crippen molar-refractivity contribution in [1.82, 2.24) is 4.98 Å². The molecule has 0 saturated heterocycles. The Morgan fingerprint density at radius 3 is 2.48 bits per heavy atom. The summed E-state index contributed by atoms with van der Waals surface area (Å²) in [6, 6.07) is 14.8. The predicted molar refractivity (Wildman–Crippen MR) is 101 cm³/mol. The molecule has 1 aromatic heterocycles. The van der Waals surface area contributed by atoms with Crippen molar-refractivity contribution in [3.63, 3.8) is 0 Å². The number of anilines is 1. The summed E-state index contributed by atoms with van der Waals surface area (Å²) in [7, 11) is 1.49. The SMILES string of the molecule is CO/N=C/c1ccc(C(=O)Nc2ccc(-c3csc(C)n3)cc2)cc1. The Morgan fingerprint density at radius 2 is 1.88 bits per heavy atom. The Kier molecular flexibility index (Phi) is 5.20. The second-order valence-corrected chi connectivity index (χ2v) is 6.38. The molecule has 0 saturated carbocycles. The van der Waals surface area contributed by atoms with Gasteiger partial charge in [-0.05, 0) is 36.8 Å². The number of amides is 1. The largest absolute Gasteiger partial charge is 0.399 e. The molecule has 126 valence electrons. The second kappa shape index (κ2) is 7.72. The molecule has 25 heavy (non-hydrogen) atoms. The molecule has 0 atom stereocenters. The highest BCUT2D eigenvalue weighted by molar-refractivity contribution is 7.09. The summed E-state index contributed by atoms with van der Waals surface area (Å²) >= 11 is 1.62. The maximum absolute atomic E-state index is 12.3.